The number of hydrogen-bond donors (Lipinski definition) is 2. The van der Waals surface area contributed by atoms with Gasteiger partial charge in [-0.1, -0.05) is 26.0 Å². The van der Waals surface area contributed by atoms with Gasteiger partial charge in [0.1, 0.15) is 0 Å². The van der Waals surface area contributed by atoms with E-state index in [0.717, 1.165) is 0 Å². The topological polar surface area (TPSA) is 78.5 Å². The van der Waals surface area contributed by atoms with Crippen molar-refractivity contribution in [2.24, 2.45) is 0 Å². The third-order valence-electron chi connectivity index (χ3n) is 4.16. The Labute approximate surface area is 146 Å². The van der Waals surface area contributed by atoms with E-state index in [1.54, 1.807) is 26.0 Å². The average molecular weight is 375 g/mol. The largest absolute Gasteiger partial charge is 0.351 e. The molecule has 9 heteroatoms. The van der Waals surface area contributed by atoms with E-state index in [1.807, 2.05) is 0 Å². The molecule has 2 N–H and O–H groups in total. The number of nitrogens with zero attached hydrogens (tertiary/aromatic N) is 1. The Balaban J connectivity index is 1.96. The Morgan fingerprint density at radius 1 is 1.28 bits per heavy atom. The van der Waals surface area contributed by atoms with Crippen molar-refractivity contribution in [3.05, 3.63) is 29.8 Å². The molecule has 1 unspecified atom stereocenters. The smallest absolute Gasteiger partial charge is 0.262 e. The third-order valence-corrected chi connectivity index (χ3v) is 6.22. The molecule has 1 amide bonds. The molecule has 1 aliphatic rings. The number of hydrogen-bond acceptors (Lipinski definition) is 4. The second-order valence-electron chi connectivity index (χ2n) is 5.94. The van der Waals surface area contributed by atoms with Gasteiger partial charge in [-0.3, -0.25) is 10.1 Å². The van der Waals surface area contributed by atoms with Crippen LogP contribution in [0.3, 0.4) is 0 Å². The van der Waals surface area contributed by atoms with Gasteiger partial charge < -0.3 is 5.32 Å². The molecule has 0 spiro atoms. The number of nitrogens with one attached hydrogen (secondary N) is 2. The third kappa shape index (κ3) is 4.74. The van der Waals surface area contributed by atoms with Crippen LogP contribution in [-0.2, 0) is 21.4 Å². The van der Waals surface area contributed by atoms with Gasteiger partial charge >= 0.3 is 0 Å². The molecule has 1 aromatic carbocycles. The van der Waals surface area contributed by atoms with E-state index in [0.29, 0.717) is 18.7 Å². The normalized spacial score (nSPS) is 20.0. The van der Waals surface area contributed by atoms with E-state index in [9.17, 15) is 22.0 Å². The van der Waals surface area contributed by atoms with Crippen LogP contribution >= 0.6 is 0 Å². The summed E-state index contributed by atoms with van der Waals surface area (Å²) in [5.74, 6) is -3.35. The quantitative estimate of drug-likeness (QED) is 0.754. The predicted molar refractivity (Wildman–Crippen MR) is 89.8 cm³/mol. The van der Waals surface area contributed by atoms with Crippen molar-refractivity contribution in [2.45, 2.75) is 43.7 Å². The zero-order valence-electron chi connectivity index (χ0n) is 14.3. The molecule has 0 bridgehead atoms. The van der Waals surface area contributed by atoms with Crippen molar-refractivity contribution < 1.29 is 22.0 Å². The van der Waals surface area contributed by atoms with Crippen molar-refractivity contribution in [1.82, 2.24) is 14.9 Å². The maximum atomic E-state index is 13.1. The van der Waals surface area contributed by atoms with Crippen molar-refractivity contribution in [2.75, 3.05) is 19.6 Å². The van der Waals surface area contributed by atoms with Crippen LogP contribution in [0.5, 0.6) is 0 Å². The van der Waals surface area contributed by atoms with Gasteiger partial charge in [-0.05, 0) is 17.7 Å². The minimum atomic E-state index is -3.52. The van der Waals surface area contributed by atoms with Gasteiger partial charge in [-0.2, -0.15) is 4.31 Å². The van der Waals surface area contributed by atoms with Gasteiger partial charge in [-0.15, -0.1) is 0 Å². The molecule has 6 nitrogen and oxygen atoms in total. The first-order valence-electron chi connectivity index (χ1n) is 8.17. The lowest BCUT2D eigenvalue weighted by Gasteiger charge is -2.18. The molecule has 1 fully saturated rings. The highest BCUT2D eigenvalue weighted by atomic mass is 32.2. The van der Waals surface area contributed by atoms with Crippen LogP contribution in [0.1, 0.15) is 25.8 Å². The van der Waals surface area contributed by atoms with Crippen LogP contribution < -0.4 is 10.6 Å². The molecule has 0 aromatic heterocycles. The van der Waals surface area contributed by atoms with Crippen LogP contribution in [0.15, 0.2) is 29.2 Å². The molecule has 1 atom stereocenters. The summed E-state index contributed by atoms with van der Waals surface area (Å²) < 4.78 is 52.3. The molecular weight excluding hydrogens is 352 g/mol. The van der Waals surface area contributed by atoms with Gasteiger partial charge in [-0.25, -0.2) is 17.2 Å². The number of benzene rings is 1. The van der Waals surface area contributed by atoms with E-state index in [1.165, 1.54) is 16.4 Å². The second-order valence-corrected chi connectivity index (χ2v) is 7.88. The minimum Gasteiger partial charge on any atom is -0.351 e. The maximum Gasteiger partial charge on any atom is 0.262 e. The summed E-state index contributed by atoms with van der Waals surface area (Å²) in [6.07, 6.45) is -0.514. The first kappa shape index (κ1) is 19.7. The van der Waals surface area contributed by atoms with E-state index in [-0.39, 0.29) is 11.4 Å². The predicted octanol–water partition coefficient (Wildman–Crippen LogP) is 1.33. The molecule has 1 heterocycles. The summed E-state index contributed by atoms with van der Waals surface area (Å²) in [7, 11) is -3.52. The Morgan fingerprint density at radius 3 is 2.36 bits per heavy atom. The van der Waals surface area contributed by atoms with E-state index in [4.69, 9.17) is 0 Å². The van der Waals surface area contributed by atoms with Gasteiger partial charge in [0.15, 0.2) is 0 Å². The van der Waals surface area contributed by atoms with Gasteiger partial charge in [0.05, 0.1) is 17.5 Å². The van der Waals surface area contributed by atoms with Gasteiger partial charge in [0, 0.05) is 26.1 Å². The fourth-order valence-corrected chi connectivity index (χ4v) is 4.16. The molecule has 0 aliphatic carbocycles. The number of carbonyl (C=O) groups is 1. The molecule has 25 heavy (non-hydrogen) atoms. The summed E-state index contributed by atoms with van der Waals surface area (Å²) in [6, 6.07) is 5.27. The highest BCUT2D eigenvalue weighted by Gasteiger charge is 2.42. The summed E-state index contributed by atoms with van der Waals surface area (Å²) in [5.41, 5.74) is 0.691. The Bertz CT molecular complexity index is 704. The number of carbonyl (C=O) groups excluding carboxylic acids is 1. The Hall–Kier alpha value is -1.58. The average Bonchev–Trinajstić information content (AvgIpc) is 2.94. The number of amides is 1. The van der Waals surface area contributed by atoms with Crippen molar-refractivity contribution in [3.63, 3.8) is 0 Å². The zero-order chi connectivity index (χ0) is 18.7. The lowest BCUT2D eigenvalue weighted by Crippen LogP contribution is -2.40. The monoisotopic (exact) mass is 375 g/mol. The maximum absolute atomic E-state index is 13.1. The van der Waals surface area contributed by atoms with Gasteiger partial charge in [0.2, 0.25) is 15.9 Å². The van der Waals surface area contributed by atoms with Crippen molar-refractivity contribution in [3.8, 4) is 0 Å². The molecule has 0 radical (unpaired) electrons. The van der Waals surface area contributed by atoms with Crippen LogP contribution in [0.2, 0.25) is 0 Å². The summed E-state index contributed by atoms with van der Waals surface area (Å²) >= 11 is 0. The van der Waals surface area contributed by atoms with E-state index < -0.39 is 40.9 Å². The molecular formula is C16H23F2N3O3S. The summed E-state index contributed by atoms with van der Waals surface area (Å²) in [6.45, 7) is 3.96. The molecule has 2 rings (SSSR count). The lowest BCUT2D eigenvalue weighted by molar-refractivity contribution is -0.123. The molecule has 140 valence electrons. The Morgan fingerprint density at radius 2 is 1.88 bits per heavy atom. The standard InChI is InChI=1S/C16H23F2N3O3S/c1-3-21(4-2)25(23,24)13-7-5-12(6-8-13)10-19-15(22)14-9-16(17,18)11-20-14/h5-8,14,20H,3-4,9-11H2,1-2H3,(H,19,22). The number of alkyl halides is 2. The minimum absolute atomic E-state index is 0.147. The molecule has 1 aliphatic heterocycles. The number of halogens is 2. The first-order valence-corrected chi connectivity index (χ1v) is 9.61. The molecule has 1 aromatic rings. The van der Waals surface area contributed by atoms with Crippen LogP contribution in [-0.4, -0.2) is 50.2 Å². The fourth-order valence-electron chi connectivity index (χ4n) is 2.71. The van der Waals surface area contributed by atoms with Crippen LogP contribution in [0.25, 0.3) is 0 Å². The van der Waals surface area contributed by atoms with Crippen molar-refractivity contribution >= 4 is 15.9 Å². The summed E-state index contributed by atoms with van der Waals surface area (Å²) in [4.78, 5) is 12.1. The van der Waals surface area contributed by atoms with Crippen LogP contribution in [0, 0.1) is 0 Å². The summed E-state index contributed by atoms with van der Waals surface area (Å²) in [5, 5.41) is 5.08. The SMILES string of the molecule is CCN(CC)S(=O)(=O)c1ccc(CNC(=O)C2CC(F)(F)CN2)cc1. The highest BCUT2D eigenvalue weighted by Crippen LogP contribution is 2.25. The molecule has 0 saturated carbocycles. The fraction of sp³-hybridized carbons (Fsp3) is 0.562. The lowest BCUT2D eigenvalue weighted by atomic mass is 10.1. The molecule has 1 saturated heterocycles. The number of sulfonamides is 1. The van der Waals surface area contributed by atoms with Crippen molar-refractivity contribution in [1.29, 1.82) is 0 Å². The second kappa shape index (κ2) is 7.76. The van der Waals surface area contributed by atoms with Gasteiger partial charge in [0.25, 0.3) is 5.92 Å². The van der Waals surface area contributed by atoms with E-state index in [2.05, 4.69) is 10.6 Å². The zero-order valence-corrected chi connectivity index (χ0v) is 15.1. The number of rotatable bonds is 7. The van der Waals surface area contributed by atoms with Crippen LogP contribution in [0.4, 0.5) is 8.78 Å². The van der Waals surface area contributed by atoms with E-state index >= 15 is 0 Å². The Kier molecular flexibility index (Phi) is 6.12. The highest BCUT2D eigenvalue weighted by molar-refractivity contribution is 7.89. The first-order chi connectivity index (χ1) is 11.7.